The van der Waals surface area contributed by atoms with Gasteiger partial charge in [0.25, 0.3) is 0 Å². The van der Waals surface area contributed by atoms with Crippen LogP contribution < -0.4 is 10.6 Å². The zero-order chi connectivity index (χ0) is 17.6. The molecule has 0 aliphatic heterocycles. The van der Waals surface area contributed by atoms with Crippen LogP contribution in [-0.2, 0) is 9.59 Å². The summed E-state index contributed by atoms with van der Waals surface area (Å²) in [4.78, 5) is 25.0. The van der Waals surface area contributed by atoms with E-state index < -0.39 is 0 Å². The molecule has 4 saturated carbocycles. The van der Waals surface area contributed by atoms with Crippen LogP contribution in [0.4, 0.5) is 0 Å². The number of amides is 2. The first-order chi connectivity index (χ1) is 11.9. The minimum absolute atomic E-state index is 0.0967. The number of fused-ring (bicyclic) bond motifs is 4. The number of nitrogens with one attached hydrogen (secondary N) is 2. The maximum atomic E-state index is 12.5. The second-order valence-electron chi connectivity index (χ2n) is 10.2. The minimum atomic E-state index is -0.0967. The van der Waals surface area contributed by atoms with Crippen LogP contribution in [0.1, 0.15) is 65.2 Å². The van der Waals surface area contributed by atoms with Crippen LogP contribution in [0.15, 0.2) is 0 Å². The molecule has 4 nitrogen and oxygen atoms in total. The van der Waals surface area contributed by atoms with Gasteiger partial charge in [0.1, 0.15) is 0 Å². The number of hydrogen-bond acceptors (Lipinski definition) is 2. The van der Waals surface area contributed by atoms with Crippen molar-refractivity contribution in [2.45, 2.75) is 65.2 Å². The predicted octanol–water partition coefficient (Wildman–Crippen LogP) is 3.12. The van der Waals surface area contributed by atoms with Crippen molar-refractivity contribution in [2.75, 3.05) is 13.1 Å². The van der Waals surface area contributed by atoms with Gasteiger partial charge in [0, 0.05) is 24.9 Å². The highest BCUT2D eigenvalue weighted by Crippen LogP contribution is 2.49. The lowest BCUT2D eigenvalue weighted by atomic mass is 9.86. The van der Waals surface area contributed by atoms with Crippen LogP contribution in [0.5, 0.6) is 0 Å². The van der Waals surface area contributed by atoms with Gasteiger partial charge in [0.05, 0.1) is 0 Å². The minimum Gasteiger partial charge on any atom is -0.355 e. The summed E-state index contributed by atoms with van der Waals surface area (Å²) in [7, 11) is 0. The van der Waals surface area contributed by atoms with Gasteiger partial charge in [-0.3, -0.25) is 9.59 Å². The van der Waals surface area contributed by atoms with Crippen molar-refractivity contribution in [2.24, 2.45) is 40.9 Å². The molecule has 2 N–H and O–H groups in total. The van der Waals surface area contributed by atoms with Crippen LogP contribution in [0.25, 0.3) is 0 Å². The number of carbonyl (C=O) groups is 2. The van der Waals surface area contributed by atoms with Crippen LogP contribution >= 0.6 is 0 Å². The summed E-state index contributed by atoms with van der Waals surface area (Å²) in [6, 6.07) is 0. The van der Waals surface area contributed by atoms with E-state index >= 15 is 0 Å². The van der Waals surface area contributed by atoms with E-state index in [-0.39, 0.29) is 29.1 Å². The zero-order valence-electron chi connectivity index (χ0n) is 15.9. The Kier molecular flexibility index (Phi) is 4.57. The summed E-state index contributed by atoms with van der Waals surface area (Å²) in [5.74, 6) is 3.86. The molecule has 2 amide bonds. The molecule has 0 aromatic heterocycles. The number of rotatable bonds is 6. The quantitative estimate of drug-likeness (QED) is 0.776. The second-order valence-corrected chi connectivity index (χ2v) is 10.2. The summed E-state index contributed by atoms with van der Waals surface area (Å²) in [6.45, 7) is 5.57. The van der Waals surface area contributed by atoms with Gasteiger partial charge in [0.15, 0.2) is 0 Å². The number of carbonyl (C=O) groups excluding carboxylic acids is 2. The predicted molar refractivity (Wildman–Crippen MR) is 97.7 cm³/mol. The molecule has 4 bridgehead atoms. The van der Waals surface area contributed by atoms with Gasteiger partial charge < -0.3 is 10.6 Å². The Morgan fingerprint density at radius 1 is 0.760 bits per heavy atom. The highest BCUT2D eigenvalue weighted by Gasteiger charge is 2.44. The summed E-state index contributed by atoms with van der Waals surface area (Å²) in [6.07, 6.45) is 9.86. The lowest BCUT2D eigenvalue weighted by Gasteiger charge is -2.29. The first-order valence-corrected chi connectivity index (χ1v) is 10.5. The molecular formula is C21H34N2O2. The fourth-order valence-electron chi connectivity index (χ4n) is 6.11. The smallest absolute Gasteiger partial charge is 0.223 e. The third kappa shape index (κ3) is 3.59. The van der Waals surface area contributed by atoms with Crippen LogP contribution in [0.3, 0.4) is 0 Å². The standard InChI is InChI=1S/C21H34N2O2/c1-21(2,11-22-19(24)17-9-13-3-5-15(17)7-13)12-23-20(25)18-10-14-4-6-16(18)8-14/h13-18H,3-12H2,1-2H3,(H,22,24)(H,23,25)/t13-,14-,15-,16-,17+,18+/m0/s1. The van der Waals surface area contributed by atoms with E-state index in [1.807, 2.05) is 0 Å². The fraction of sp³-hybridized carbons (Fsp3) is 0.905. The van der Waals surface area contributed by atoms with Crippen molar-refractivity contribution in [3.05, 3.63) is 0 Å². The van der Waals surface area contributed by atoms with E-state index in [1.54, 1.807) is 0 Å². The summed E-state index contributed by atoms with van der Waals surface area (Å²) >= 11 is 0. The third-order valence-corrected chi connectivity index (χ3v) is 7.63. The summed E-state index contributed by atoms with van der Waals surface area (Å²) in [5.41, 5.74) is -0.0967. The Labute approximate surface area is 151 Å². The SMILES string of the molecule is CC(C)(CNC(=O)[C@@H]1C[C@H]2CC[C@H]1C2)CNC(=O)[C@@H]1C[C@H]2CC[C@H]1C2. The van der Waals surface area contributed by atoms with Gasteiger partial charge in [0.2, 0.25) is 11.8 Å². The van der Waals surface area contributed by atoms with E-state index in [1.165, 1.54) is 38.5 Å². The number of hydrogen-bond donors (Lipinski definition) is 2. The molecule has 25 heavy (non-hydrogen) atoms. The molecule has 6 atom stereocenters. The molecule has 4 aliphatic carbocycles. The lowest BCUT2D eigenvalue weighted by Crippen LogP contribution is -2.45. The van der Waals surface area contributed by atoms with Crippen LogP contribution in [0.2, 0.25) is 0 Å². The largest absolute Gasteiger partial charge is 0.355 e. The molecule has 4 aliphatic rings. The van der Waals surface area contributed by atoms with Crippen molar-refractivity contribution in [3.8, 4) is 0 Å². The Morgan fingerprint density at radius 3 is 1.52 bits per heavy atom. The van der Waals surface area contributed by atoms with Gasteiger partial charge in [-0.2, -0.15) is 0 Å². The van der Waals surface area contributed by atoms with Gasteiger partial charge in [-0.05, 0) is 67.6 Å². The van der Waals surface area contributed by atoms with E-state index in [4.69, 9.17) is 0 Å². The third-order valence-electron chi connectivity index (χ3n) is 7.63. The van der Waals surface area contributed by atoms with Crippen molar-refractivity contribution in [1.29, 1.82) is 0 Å². The van der Waals surface area contributed by atoms with Crippen LogP contribution in [-0.4, -0.2) is 24.9 Å². The molecule has 0 radical (unpaired) electrons. The topological polar surface area (TPSA) is 58.2 Å². The van der Waals surface area contributed by atoms with E-state index in [0.29, 0.717) is 24.9 Å². The second kappa shape index (κ2) is 6.59. The fourth-order valence-corrected chi connectivity index (χ4v) is 6.11. The Bertz CT molecular complexity index is 498. The van der Waals surface area contributed by atoms with E-state index in [0.717, 1.165) is 24.7 Å². The molecular weight excluding hydrogens is 312 g/mol. The maximum absolute atomic E-state index is 12.5. The van der Waals surface area contributed by atoms with Crippen molar-refractivity contribution >= 4 is 11.8 Å². The van der Waals surface area contributed by atoms with E-state index in [9.17, 15) is 9.59 Å². The average Bonchev–Trinajstić information content (AvgIpc) is 3.37. The van der Waals surface area contributed by atoms with Crippen molar-refractivity contribution in [3.63, 3.8) is 0 Å². The highest BCUT2D eigenvalue weighted by atomic mass is 16.2. The molecule has 4 fully saturated rings. The molecule has 0 unspecified atom stereocenters. The zero-order valence-corrected chi connectivity index (χ0v) is 15.9. The average molecular weight is 347 g/mol. The summed E-state index contributed by atoms with van der Waals surface area (Å²) < 4.78 is 0. The van der Waals surface area contributed by atoms with Crippen LogP contribution in [0, 0.1) is 40.9 Å². The summed E-state index contributed by atoms with van der Waals surface area (Å²) in [5, 5.41) is 6.36. The molecule has 0 heterocycles. The van der Waals surface area contributed by atoms with Gasteiger partial charge in [-0.15, -0.1) is 0 Å². The molecule has 0 aromatic rings. The molecule has 0 aromatic carbocycles. The van der Waals surface area contributed by atoms with Gasteiger partial charge >= 0.3 is 0 Å². The molecule has 4 heteroatoms. The normalized spacial score (nSPS) is 39.0. The monoisotopic (exact) mass is 346 g/mol. The Hall–Kier alpha value is -1.06. The Morgan fingerprint density at radius 2 is 1.20 bits per heavy atom. The van der Waals surface area contributed by atoms with Gasteiger partial charge in [-0.25, -0.2) is 0 Å². The first kappa shape index (κ1) is 17.4. The molecule has 0 spiro atoms. The highest BCUT2D eigenvalue weighted by molar-refractivity contribution is 5.80. The van der Waals surface area contributed by atoms with Crippen molar-refractivity contribution in [1.82, 2.24) is 10.6 Å². The lowest BCUT2D eigenvalue weighted by molar-refractivity contribution is -0.127. The maximum Gasteiger partial charge on any atom is 0.223 e. The first-order valence-electron chi connectivity index (χ1n) is 10.5. The Balaban J connectivity index is 1.20. The molecule has 140 valence electrons. The van der Waals surface area contributed by atoms with Crippen molar-refractivity contribution < 1.29 is 9.59 Å². The molecule has 4 rings (SSSR count). The van der Waals surface area contributed by atoms with E-state index in [2.05, 4.69) is 24.5 Å². The van der Waals surface area contributed by atoms with Gasteiger partial charge in [-0.1, -0.05) is 26.7 Å². The molecule has 0 saturated heterocycles.